The fourth-order valence-corrected chi connectivity index (χ4v) is 0.534. The van der Waals surface area contributed by atoms with Gasteiger partial charge in [0.2, 0.25) is 0 Å². The molecule has 0 atom stereocenters. The van der Waals surface area contributed by atoms with Crippen molar-refractivity contribution in [1.82, 2.24) is 0 Å². The highest BCUT2D eigenvalue weighted by Gasteiger charge is 1.76. The average Bonchev–Trinajstić information content (AvgIpc) is 2.20. The van der Waals surface area contributed by atoms with Gasteiger partial charge in [-0.3, -0.25) is 4.79 Å². The SMILES string of the molecule is C#Cc1ccccc1.COC(C)=O. The minimum absolute atomic E-state index is 0.245. The van der Waals surface area contributed by atoms with E-state index < -0.39 is 0 Å². The predicted molar refractivity (Wildman–Crippen MR) is 52.1 cm³/mol. The van der Waals surface area contributed by atoms with Crippen LogP contribution in [0.5, 0.6) is 0 Å². The van der Waals surface area contributed by atoms with Gasteiger partial charge < -0.3 is 4.74 Å². The number of hydrogen-bond acceptors (Lipinski definition) is 2. The molecule has 0 N–H and O–H groups in total. The summed E-state index contributed by atoms with van der Waals surface area (Å²) in [6.45, 7) is 1.36. The Morgan fingerprint density at radius 1 is 1.38 bits per heavy atom. The van der Waals surface area contributed by atoms with E-state index in [0.29, 0.717) is 0 Å². The normalized spacial score (nSPS) is 7.46. The first-order valence-corrected chi connectivity index (χ1v) is 3.77. The van der Waals surface area contributed by atoms with Crippen LogP contribution in [0.25, 0.3) is 0 Å². The maximum absolute atomic E-state index is 9.59. The molecular formula is C11H12O2. The highest BCUT2D eigenvalue weighted by Crippen LogP contribution is 1.92. The topological polar surface area (TPSA) is 26.3 Å². The largest absolute Gasteiger partial charge is 0.469 e. The molecule has 13 heavy (non-hydrogen) atoms. The molecule has 0 aliphatic heterocycles. The summed E-state index contributed by atoms with van der Waals surface area (Å²) in [5.74, 6) is 2.28. The monoisotopic (exact) mass is 176 g/mol. The summed E-state index contributed by atoms with van der Waals surface area (Å²) in [7, 11) is 1.35. The Hall–Kier alpha value is -1.75. The summed E-state index contributed by atoms with van der Waals surface area (Å²) in [6.07, 6.45) is 5.10. The van der Waals surface area contributed by atoms with Gasteiger partial charge in [-0.15, -0.1) is 6.42 Å². The molecule has 0 bridgehead atoms. The van der Waals surface area contributed by atoms with E-state index in [1.54, 1.807) is 0 Å². The standard InChI is InChI=1S/C8H6.C3H6O2/c1-2-8-6-4-3-5-7-8;1-3(4)5-2/h1,3-7H;1-2H3. The van der Waals surface area contributed by atoms with Crippen LogP contribution in [0.2, 0.25) is 0 Å². The van der Waals surface area contributed by atoms with Crippen LogP contribution in [-0.4, -0.2) is 13.1 Å². The average molecular weight is 176 g/mol. The van der Waals surface area contributed by atoms with E-state index in [9.17, 15) is 4.79 Å². The van der Waals surface area contributed by atoms with Crippen LogP contribution in [0.1, 0.15) is 12.5 Å². The molecule has 1 rings (SSSR count). The van der Waals surface area contributed by atoms with E-state index in [2.05, 4.69) is 10.7 Å². The molecule has 0 saturated heterocycles. The molecular weight excluding hydrogens is 164 g/mol. The highest BCUT2D eigenvalue weighted by molar-refractivity contribution is 5.65. The number of carbonyl (C=O) groups is 1. The van der Waals surface area contributed by atoms with Crippen molar-refractivity contribution in [2.75, 3.05) is 7.11 Å². The van der Waals surface area contributed by atoms with Crippen molar-refractivity contribution in [3.05, 3.63) is 35.9 Å². The second-order valence-electron chi connectivity index (χ2n) is 2.21. The lowest BCUT2D eigenvalue weighted by Gasteiger charge is -1.82. The van der Waals surface area contributed by atoms with Crippen molar-refractivity contribution < 1.29 is 9.53 Å². The molecule has 1 aromatic rings. The van der Waals surface area contributed by atoms with Crippen molar-refractivity contribution in [3.8, 4) is 12.3 Å². The molecule has 68 valence electrons. The molecule has 0 aliphatic rings. The van der Waals surface area contributed by atoms with Gasteiger partial charge in [-0.25, -0.2) is 0 Å². The molecule has 0 spiro atoms. The highest BCUT2D eigenvalue weighted by atomic mass is 16.5. The zero-order valence-corrected chi connectivity index (χ0v) is 7.78. The molecule has 1 aromatic carbocycles. The number of methoxy groups -OCH3 is 1. The number of carbonyl (C=O) groups excluding carboxylic acids is 1. The van der Waals surface area contributed by atoms with Crippen LogP contribution in [0.4, 0.5) is 0 Å². The first kappa shape index (κ1) is 11.2. The Kier molecular flexibility index (Phi) is 6.00. The van der Waals surface area contributed by atoms with Crippen LogP contribution >= 0.6 is 0 Å². The maximum Gasteiger partial charge on any atom is 0.302 e. The summed E-state index contributed by atoms with van der Waals surface area (Å²) in [4.78, 5) is 9.59. The number of rotatable bonds is 0. The predicted octanol–water partition coefficient (Wildman–Crippen LogP) is 1.85. The van der Waals surface area contributed by atoms with Crippen molar-refractivity contribution >= 4 is 5.97 Å². The Morgan fingerprint density at radius 2 is 1.85 bits per heavy atom. The van der Waals surface area contributed by atoms with E-state index in [1.807, 2.05) is 30.3 Å². The number of terminal acetylenes is 1. The van der Waals surface area contributed by atoms with Crippen LogP contribution in [0.3, 0.4) is 0 Å². The molecule has 2 heteroatoms. The molecule has 0 fully saturated rings. The van der Waals surface area contributed by atoms with Gasteiger partial charge in [-0.2, -0.15) is 0 Å². The fraction of sp³-hybridized carbons (Fsp3) is 0.182. The van der Waals surface area contributed by atoms with Gasteiger partial charge in [0, 0.05) is 12.5 Å². The maximum atomic E-state index is 9.59. The Bertz CT molecular complexity index is 283. The van der Waals surface area contributed by atoms with Gasteiger partial charge in [0.25, 0.3) is 0 Å². The van der Waals surface area contributed by atoms with Crippen LogP contribution in [-0.2, 0) is 9.53 Å². The Labute approximate surface area is 78.5 Å². The Balaban J connectivity index is 0.000000252. The van der Waals surface area contributed by atoms with Gasteiger partial charge in [0.15, 0.2) is 0 Å². The summed E-state index contributed by atoms with van der Waals surface area (Å²) < 4.78 is 4.11. The van der Waals surface area contributed by atoms with E-state index in [-0.39, 0.29) is 5.97 Å². The third-order valence-corrected chi connectivity index (χ3v) is 1.23. The van der Waals surface area contributed by atoms with Crippen LogP contribution in [0, 0.1) is 12.3 Å². The first-order chi connectivity index (χ1) is 6.20. The molecule has 2 nitrogen and oxygen atoms in total. The minimum Gasteiger partial charge on any atom is -0.469 e. The molecule has 0 unspecified atom stereocenters. The number of ether oxygens (including phenoxy) is 1. The van der Waals surface area contributed by atoms with Crippen molar-refractivity contribution in [1.29, 1.82) is 0 Å². The minimum atomic E-state index is -0.245. The van der Waals surface area contributed by atoms with E-state index in [1.165, 1.54) is 14.0 Å². The summed E-state index contributed by atoms with van der Waals surface area (Å²) in [5.41, 5.74) is 0.938. The second-order valence-corrected chi connectivity index (χ2v) is 2.21. The number of benzene rings is 1. The van der Waals surface area contributed by atoms with Gasteiger partial charge >= 0.3 is 5.97 Å². The van der Waals surface area contributed by atoms with Gasteiger partial charge in [0.1, 0.15) is 0 Å². The lowest BCUT2D eigenvalue weighted by atomic mass is 10.2. The third kappa shape index (κ3) is 6.64. The fourth-order valence-electron chi connectivity index (χ4n) is 0.534. The quantitative estimate of drug-likeness (QED) is 0.445. The Morgan fingerprint density at radius 3 is 2.08 bits per heavy atom. The molecule has 0 heterocycles. The number of esters is 1. The van der Waals surface area contributed by atoms with E-state index >= 15 is 0 Å². The van der Waals surface area contributed by atoms with E-state index in [4.69, 9.17) is 6.42 Å². The summed E-state index contributed by atoms with van der Waals surface area (Å²) >= 11 is 0. The molecule has 0 aliphatic carbocycles. The summed E-state index contributed by atoms with van der Waals surface area (Å²) in [5, 5.41) is 0. The third-order valence-electron chi connectivity index (χ3n) is 1.23. The molecule has 0 aromatic heterocycles. The lowest BCUT2D eigenvalue weighted by molar-refractivity contribution is -0.137. The van der Waals surface area contributed by atoms with E-state index in [0.717, 1.165) is 5.56 Å². The number of hydrogen-bond donors (Lipinski definition) is 0. The van der Waals surface area contributed by atoms with Gasteiger partial charge in [0.05, 0.1) is 7.11 Å². The smallest absolute Gasteiger partial charge is 0.302 e. The van der Waals surface area contributed by atoms with Crippen molar-refractivity contribution in [2.45, 2.75) is 6.92 Å². The molecule has 0 radical (unpaired) electrons. The molecule has 0 saturated carbocycles. The first-order valence-electron chi connectivity index (χ1n) is 3.77. The zero-order chi connectivity index (χ0) is 10.1. The van der Waals surface area contributed by atoms with Gasteiger partial charge in [-0.1, -0.05) is 24.1 Å². The van der Waals surface area contributed by atoms with Crippen molar-refractivity contribution in [3.63, 3.8) is 0 Å². The zero-order valence-electron chi connectivity index (χ0n) is 7.78. The van der Waals surface area contributed by atoms with Crippen molar-refractivity contribution in [2.24, 2.45) is 0 Å². The summed E-state index contributed by atoms with van der Waals surface area (Å²) in [6, 6.07) is 9.60. The lowest BCUT2D eigenvalue weighted by Crippen LogP contribution is -1.88. The van der Waals surface area contributed by atoms with Crippen LogP contribution in [0.15, 0.2) is 30.3 Å². The second kappa shape index (κ2) is 6.93. The molecule has 0 amide bonds. The van der Waals surface area contributed by atoms with Gasteiger partial charge in [-0.05, 0) is 12.1 Å². The van der Waals surface area contributed by atoms with Crippen LogP contribution < -0.4 is 0 Å².